The summed E-state index contributed by atoms with van der Waals surface area (Å²) in [6.45, 7) is 2.75. The van der Waals surface area contributed by atoms with Gasteiger partial charge < -0.3 is 65.1 Å². The second-order valence-electron chi connectivity index (χ2n) is 20.1. The molecule has 0 aromatic heterocycles. The molecule has 2 aliphatic heterocycles. The number of allylic oxidation sites excluding steroid dienone is 7. The van der Waals surface area contributed by atoms with Crippen LogP contribution in [0.1, 0.15) is 213 Å². The molecule has 2 saturated heterocycles. The van der Waals surface area contributed by atoms with Gasteiger partial charge in [0.25, 0.3) is 0 Å². The molecule has 0 aliphatic carbocycles. The monoisotopic (exact) mass is 1010 g/mol. The molecule has 14 heteroatoms. The molecule has 14 nitrogen and oxygen atoms in total. The van der Waals surface area contributed by atoms with Crippen LogP contribution in [-0.4, -0.2) is 140 Å². The van der Waals surface area contributed by atoms with E-state index in [1.165, 1.54) is 128 Å². The molecule has 71 heavy (non-hydrogen) atoms. The molecule has 0 aromatic carbocycles. The predicted molar refractivity (Wildman–Crippen MR) is 281 cm³/mol. The Hall–Kier alpha value is -2.05. The highest BCUT2D eigenvalue weighted by molar-refractivity contribution is 5.76. The van der Waals surface area contributed by atoms with Gasteiger partial charge >= 0.3 is 0 Å². The number of nitrogens with one attached hydrogen (secondary N) is 1. The summed E-state index contributed by atoms with van der Waals surface area (Å²) in [6.07, 6.45) is 35.7. The Bertz CT molecular complexity index is 1380. The van der Waals surface area contributed by atoms with Crippen molar-refractivity contribution in [2.75, 3.05) is 19.8 Å². The van der Waals surface area contributed by atoms with Crippen molar-refractivity contribution in [3.63, 3.8) is 0 Å². The third-order valence-electron chi connectivity index (χ3n) is 13.7. The van der Waals surface area contributed by atoms with Crippen LogP contribution in [0.3, 0.4) is 0 Å². The van der Waals surface area contributed by atoms with Gasteiger partial charge in [-0.1, -0.05) is 191 Å². The van der Waals surface area contributed by atoms with Gasteiger partial charge in [0, 0.05) is 6.42 Å². The zero-order chi connectivity index (χ0) is 51.7. The summed E-state index contributed by atoms with van der Waals surface area (Å²) in [5.74, 6) is -0.258. The van der Waals surface area contributed by atoms with Crippen molar-refractivity contribution in [1.29, 1.82) is 0 Å². The van der Waals surface area contributed by atoms with E-state index in [1.807, 2.05) is 6.08 Å². The largest absolute Gasteiger partial charge is 0.394 e. The summed E-state index contributed by atoms with van der Waals surface area (Å²) >= 11 is 0. The van der Waals surface area contributed by atoms with Gasteiger partial charge in [0.1, 0.15) is 48.8 Å². The van der Waals surface area contributed by atoms with Crippen molar-refractivity contribution >= 4 is 5.91 Å². The van der Waals surface area contributed by atoms with Gasteiger partial charge in [-0.2, -0.15) is 0 Å². The van der Waals surface area contributed by atoms with Crippen molar-refractivity contribution in [2.24, 2.45) is 0 Å². The van der Waals surface area contributed by atoms with Gasteiger partial charge in [0.05, 0.1) is 32.0 Å². The Kier molecular flexibility index (Phi) is 39.6. The summed E-state index contributed by atoms with van der Waals surface area (Å²) in [5.41, 5.74) is 0. The van der Waals surface area contributed by atoms with Crippen molar-refractivity contribution in [2.45, 2.75) is 286 Å². The van der Waals surface area contributed by atoms with E-state index in [4.69, 9.17) is 18.9 Å². The molecule has 0 aromatic rings. The number of rotatable bonds is 44. The summed E-state index contributed by atoms with van der Waals surface area (Å²) in [7, 11) is 0. The quantitative estimate of drug-likeness (QED) is 0.0206. The summed E-state index contributed by atoms with van der Waals surface area (Å²) < 4.78 is 22.7. The van der Waals surface area contributed by atoms with E-state index < -0.39 is 86.8 Å². The maximum absolute atomic E-state index is 13.2. The lowest BCUT2D eigenvalue weighted by Gasteiger charge is -2.46. The fourth-order valence-corrected chi connectivity index (χ4v) is 9.10. The van der Waals surface area contributed by atoms with Crippen LogP contribution in [-0.2, 0) is 23.7 Å². The molecule has 12 unspecified atom stereocenters. The topological polar surface area (TPSA) is 228 Å². The van der Waals surface area contributed by atoms with Crippen LogP contribution in [0.15, 0.2) is 48.6 Å². The van der Waals surface area contributed by atoms with Crippen LogP contribution >= 0.6 is 0 Å². The van der Waals surface area contributed by atoms with Crippen LogP contribution in [0.5, 0.6) is 0 Å². The molecule has 2 fully saturated rings. The van der Waals surface area contributed by atoms with E-state index in [2.05, 4.69) is 55.6 Å². The first-order valence-corrected chi connectivity index (χ1v) is 28.4. The SMILES string of the molecule is CCCCC/C=C\C/C=C\CCCCCCCCCC(=O)NC(COC1OC(CO)C(OC2OC(CO)C(O)C(O)C2O)C(O)C1O)C(O)/C=C/CC/C=C/CCCCCCCCCCCCCCCC. The van der Waals surface area contributed by atoms with Crippen LogP contribution in [0, 0.1) is 0 Å². The molecule has 2 aliphatic rings. The Labute approximate surface area is 429 Å². The number of carbonyl (C=O) groups is 1. The van der Waals surface area contributed by atoms with Gasteiger partial charge in [-0.25, -0.2) is 0 Å². The maximum atomic E-state index is 13.2. The van der Waals surface area contributed by atoms with Crippen LogP contribution in [0.4, 0.5) is 0 Å². The van der Waals surface area contributed by atoms with Gasteiger partial charge in [-0.15, -0.1) is 0 Å². The second-order valence-corrected chi connectivity index (χ2v) is 20.1. The minimum atomic E-state index is -1.79. The molecule has 1 amide bonds. The highest BCUT2D eigenvalue weighted by Gasteiger charge is 2.51. The van der Waals surface area contributed by atoms with E-state index in [-0.39, 0.29) is 18.9 Å². The molecule has 414 valence electrons. The molecule has 2 rings (SSSR count). The number of aliphatic hydroxyl groups excluding tert-OH is 8. The van der Waals surface area contributed by atoms with Crippen molar-refractivity contribution in [1.82, 2.24) is 5.32 Å². The standard InChI is InChI=1S/C57H103NO13/c1-3-5-7-9-11-13-15-17-19-21-22-23-25-26-28-30-32-34-36-38-40-46(61)45(58-49(62)41-39-37-35-33-31-29-27-24-20-18-16-14-12-10-8-6-4-2)44-68-56-54(67)52(65)55(48(43-60)70-56)71-57-53(66)51(64)50(63)47(42-59)69-57/h12,14,18,20,30,32,38,40,45-48,50-57,59-61,63-67H,3-11,13,15-17,19,21-29,31,33-37,39,41-44H2,1-2H3,(H,58,62)/b14-12-,20-18-,32-30+,40-38+. The number of amides is 1. The predicted octanol–water partition coefficient (Wildman–Crippen LogP) is 8.83. The van der Waals surface area contributed by atoms with E-state index in [9.17, 15) is 45.6 Å². The lowest BCUT2D eigenvalue weighted by Crippen LogP contribution is -2.65. The van der Waals surface area contributed by atoms with Crippen LogP contribution in [0.2, 0.25) is 0 Å². The van der Waals surface area contributed by atoms with E-state index in [0.717, 1.165) is 51.4 Å². The lowest BCUT2D eigenvalue weighted by molar-refractivity contribution is -0.359. The van der Waals surface area contributed by atoms with E-state index in [1.54, 1.807) is 6.08 Å². The van der Waals surface area contributed by atoms with E-state index >= 15 is 0 Å². The minimum Gasteiger partial charge on any atom is -0.394 e. The fourth-order valence-electron chi connectivity index (χ4n) is 9.10. The van der Waals surface area contributed by atoms with Gasteiger partial charge in [0.2, 0.25) is 5.91 Å². The molecule has 12 atom stereocenters. The molecule has 0 saturated carbocycles. The number of ether oxygens (including phenoxy) is 4. The Morgan fingerprint density at radius 1 is 0.507 bits per heavy atom. The number of hydrogen-bond acceptors (Lipinski definition) is 13. The first-order chi connectivity index (χ1) is 34.6. The normalized spacial score (nSPS) is 26.1. The summed E-state index contributed by atoms with van der Waals surface area (Å²) in [5, 5.41) is 86.9. The average Bonchev–Trinajstić information content (AvgIpc) is 3.37. The number of hydrogen-bond donors (Lipinski definition) is 9. The second kappa shape index (κ2) is 43.2. The summed E-state index contributed by atoms with van der Waals surface area (Å²) in [4.78, 5) is 13.2. The number of unbranched alkanes of at least 4 members (excludes halogenated alkanes) is 25. The van der Waals surface area contributed by atoms with Crippen LogP contribution < -0.4 is 5.32 Å². The van der Waals surface area contributed by atoms with Gasteiger partial charge in [-0.05, 0) is 64.2 Å². The Balaban J connectivity index is 1.82. The molecular formula is C57H103NO13. The first kappa shape index (κ1) is 65.1. The van der Waals surface area contributed by atoms with Crippen molar-refractivity contribution in [3.8, 4) is 0 Å². The highest BCUT2D eigenvalue weighted by Crippen LogP contribution is 2.30. The molecular weight excluding hydrogens is 907 g/mol. The molecule has 2 heterocycles. The average molecular weight is 1010 g/mol. The third kappa shape index (κ3) is 29.6. The summed E-state index contributed by atoms with van der Waals surface area (Å²) in [6, 6.07) is -0.936. The lowest BCUT2D eigenvalue weighted by atomic mass is 9.97. The highest BCUT2D eigenvalue weighted by atomic mass is 16.7. The first-order valence-electron chi connectivity index (χ1n) is 28.4. The Morgan fingerprint density at radius 3 is 1.49 bits per heavy atom. The number of aliphatic hydroxyl groups is 8. The molecule has 0 spiro atoms. The maximum Gasteiger partial charge on any atom is 0.220 e. The molecule has 9 N–H and O–H groups in total. The zero-order valence-electron chi connectivity index (χ0n) is 44.2. The van der Waals surface area contributed by atoms with Crippen molar-refractivity contribution < 1.29 is 64.6 Å². The van der Waals surface area contributed by atoms with Gasteiger partial charge in [-0.3, -0.25) is 4.79 Å². The Morgan fingerprint density at radius 2 is 0.944 bits per heavy atom. The number of carbonyl (C=O) groups excluding carboxylic acids is 1. The van der Waals surface area contributed by atoms with E-state index in [0.29, 0.717) is 12.8 Å². The third-order valence-corrected chi connectivity index (χ3v) is 13.7. The van der Waals surface area contributed by atoms with Gasteiger partial charge in [0.15, 0.2) is 12.6 Å². The fraction of sp³-hybridized carbons (Fsp3) is 0.842. The van der Waals surface area contributed by atoms with Crippen molar-refractivity contribution in [3.05, 3.63) is 48.6 Å². The smallest absolute Gasteiger partial charge is 0.220 e. The minimum absolute atomic E-state index is 0.258. The zero-order valence-corrected chi connectivity index (χ0v) is 44.2. The van der Waals surface area contributed by atoms with Crippen LogP contribution in [0.25, 0.3) is 0 Å². The molecule has 0 radical (unpaired) electrons. The molecule has 0 bridgehead atoms.